The Morgan fingerprint density at radius 3 is 2.54 bits per heavy atom. The molecule has 0 unspecified atom stereocenters. The highest BCUT2D eigenvalue weighted by Gasteiger charge is 2.33. The van der Waals surface area contributed by atoms with Gasteiger partial charge in [-0.05, 0) is 48.1 Å². The van der Waals surface area contributed by atoms with Gasteiger partial charge < -0.3 is 0 Å². The number of amides is 2. The number of nitrogens with one attached hydrogen (secondary N) is 1. The number of rotatable bonds is 3. The van der Waals surface area contributed by atoms with E-state index in [4.69, 9.17) is 12.2 Å². The molecule has 1 aromatic carbocycles. The van der Waals surface area contributed by atoms with Crippen LogP contribution in [0.2, 0.25) is 0 Å². The van der Waals surface area contributed by atoms with Crippen molar-refractivity contribution in [2.75, 3.05) is 0 Å². The van der Waals surface area contributed by atoms with Crippen LogP contribution < -0.4 is 5.43 Å². The molecule has 8 heteroatoms. The first-order valence-electron chi connectivity index (χ1n) is 6.79. The van der Waals surface area contributed by atoms with Crippen LogP contribution in [0.5, 0.6) is 0 Å². The van der Waals surface area contributed by atoms with Crippen molar-refractivity contribution in [1.29, 1.82) is 0 Å². The van der Waals surface area contributed by atoms with Crippen LogP contribution in [0, 0.1) is 5.82 Å². The van der Waals surface area contributed by atoms with Gasteiger partial charge in [-0.25, -0.2) is 4.39 Å². The predicted octanol–water partition coefficient (Wildman–Crippen LogP) is 2.77. The number of carbonyl (C=O) groups is 2. The van der Waals surface area contributed by atoms with Crippen molar-refractivity contribution in [3.63, 3.8) is 0 Å². The lowest BCUT2D eigenvalue weighted by atomic mass is 10.2. The number of pyridine rings is 1. The molecule has 24 heavy (non-hydrogen) atoms. The first-order chi connectivity index (χ1) is 11.5. The molecule has 2 amide bonds. The van der Waals surface area contributed by atoms with Crippen molar-refractivity contribution in [1.82, 2.24) is 15.4 Å². The molecule has 1 fully saturated rings. The van der Waals surface area contributed by atoms with E-state index < -0.39 is 11.8 Å². The fraction of sp³-hybridized carbons (Fsp3) is 0. The number of halogens is 1. The lowest BCUT2D eigenvalue weighted by Gasteiger charge is -2.15. The number of nitrogens with zero attached hydrogens (tertiary/aromatic N) is 2. The van der Waals surface area contributed by atoms with Gasteiger partial charge in [-0.3, -0.25) is 20.0 Å². The second-order valence-electron chi connectivity index (χ2n) is 4.75. The molecule has 0 saturated carbocycles. The maximum Gasteiger partial charge on any atom is 0.285 e. The van der Waals surface area contributed by atoms with Gasteiger partial charge >= 0.3 is 0 Å². The highest BCUT2D eigenvalue weighted by Crippen LogP contribution is 2.31. The first kappa shape index (κ1) is 16.3. The zero-order chi connectivity index (χ0) is 17.1. The number of carbonyl (C=O) groups excluding carboxylic acids is 2. The van der Waals surface area contributed by atoms with Crippen molar-refractivity contribution >= 4 is 46.2 Å². The van der Waals surface area contributed by atoms with Crippen molar-refractivity contribution in [2.24, 2.45) is 0 Å². The summed E-state index contributed by atoms with van der Waals surface area (Å²) in [6, 6.07) is 8.77. The summed E-state index contributed by atoms with van der Waals surface area (Å²) < 4.78 is 13.2. The van der Waals surface area contributed by atoms with Gasteiger partial charge in [0.2, 0.25) is 0 Å². The summed E-state index contributed by atoms with van der Waals surface area (Å²) in [7, 11) is 0. The standard InChI is InChI=1S/C16H10FN3O2S2/c17-12-3-1-10(2-4-12)9-13-15(22)20(16(23)24-13)19-14(21)11-5-7-18-8-6-11/h1-9H,(H,19,21)/b13-9+. The van der Waals surface area contributed by atoms with Crippen LogP contribution in [0.25, 0.3) is 6.08 Å². The second kappa shape index (κ2) is 6.90. The van der Waals surface area contributed by atoms with Crippen molar-refractivity contribution in [2.45, 2.75) is 0 Å². The maximum absolute atomic E-state index is 12.9. The molecule has 1 N–H and O–H groups in total. The van der Waals surface area contributed by atoms with Gasteiger partial charge in [0.25, 0.3) is 11.8 Å². The van der Waals surface area contributed by atoms with Crippen LogP contribution in [-0.4, -0.2) is 26.1 Å². The van der Waals surface area contributed by atoms with Gasteiger partial charge in [-0.2, -0.15) is 5.01 Å². The van der Waals surface area contributed by atoms with Crippen LogP contribution in [0.1, 0.15) is 15.9 Å². The summed E-state index contributed by atoms with van der Waals surface area (Å²) in [5, 5.41) is 1.03. The Morgan fingerprint density at radius 2 is 1.88 bits per heavy atom. The van der Waals surface area contributed by atoms with Gasteiger partial charge in [-0.15, -0.1) is 0 Å². The Kier molecular flexibility index (Phi) is 4.68. The van der Waals surface area contributed by atoms with Crippen molar-refractivity contribution in [3.8, 4) is 0 Å². The maximum atomic E-state index is 12.9. The lowest BCUT2D eigenvalue weighted by Crippen LogP contribution is -2.44. The van der Waals surface area contributed by atoms with Gasteiger partial charge in [0.1, 0.15) is 5.82 Å². The van der Waals surface area contributed by atoms with Crippen molar-refractivity contribution in [3.05, 3.63) is 70.6 Å². The Morgan fingerprint density at radius 1 is 1.21 bits per heavy atom. The summed E-state index contributed by atoms with van der Waals surface area (Å²) in [5.41, 5.74) is 3.50. The normalized spacial score (nSPS) is 15.9. The third kappa shape index (κ3) is 3.50. The molecule has 1 saturated heterocycles. The van der Waals surface area contributed by atoms with Crippen LogP contribution in [0.15, 0.2) is 53.7 Å². The monoisotopic (exact) mass is 359 g/mol. The minimum absolute atomic E-state index is 0.218. The molecule has 2 heterocycles. The molecule has 120 valence electrons. The molecule has 1 aliphatic rings. The molecule has 0 aliphatic carbocycles. The number of hydrogen-bond donors (Lipinski definition) is 1. The molecule has 1 aliphatic heterocycles. The molecule has 0 bridgehead atoms. The van der Waals surface area contributed by atoms with E-state index in [0.717, 1.165) is 16.8 Å². The minimum Gasteiger partial charge on any atom is -0.267 e. The summed E-state index contributed by atoms with van der Waals surface area (Å²) in [4.78, 5) is 28.7. The van der Waals surface area contributed by atoms with Crippen LogP contribution in [0.4, 0.5) is 4.39 Å². The largest absolute Gasteiger partial charge is 0.285 e. The first-order valence-corrected chi connectivity index (χ1v) is 8.01. The fourth-order valence-electron chi connectivity index (χ4n) is 1.94. The molecule has 3 rings (SSSR count). The van der Waals surface area contributed by atoms with Crippen LogP contribution >= 0.6 is 24.0 Å². The Hall–Kier alpha value is -2.58. The van der Waals surface area contributed by atoms with E-state index in [-0.39, 0.29) is 10.1 Å². The summed E-state index contributed by atoms with van der Waals surface area (Å²) in [6.07, 6.45) is 4.55. The van der Waals surface area contributed by atoms with Gasteiger partial charge in [0.15, 0.2) is 4.32 Å². The summed E-state index contributed by atoms with van der Waals surface area (Å²) in [6.45, 7) is 0. The van der Waals surface area contributed by atoms with E-state index in [9.17, 15) is 14.0 Å². The summed E-state index contributed by atoms with van der Waals surface area (Å²) in [5.74, 6) is -1.25. The topological polar surface area (TPSA) is 62.3 Å². The van der Waals surface area contributed by atoms with Crippen LogP contribution in [0.3, 0.4) is 0 Å². The van der Waals surface area contributed by atoms with E-state index in [0.29, 0.717) is 16.0 Å². The highest BCUT2D eigenvalue weighted by atomic mass is 32.2. The fourth-order valence-corrected chi connectivity index (χ4v) is 3.12. The van der Waals surface area contributed by atoms with Gasteiger partial charge in [0, 0.05) is 18.0 Å². The highest BCUT2D eigenvalue weighted by molar-refractivity contribution is 8.26. The molecule has 5 nitrogen and oxygen atoms in total. The second-order valence-corrected chi connectivity index (χ2v) is 6.42. The minimum atomic E-state index is -0.461. The smallest absolute Gasteiger partial charge is 0.267 e. The lowest BCUT2D eigenvalue weighted by molar-refractivity contribution is -0.123. The molecule has 0 radical (unpaired) electrons. The molecule has 0 spiro atoms. The number of hydrogen-bond acceptors (Lipinski definition) is 5. The quantitative estimate of drug-likeness (QED) is 0.674. The Labute approximate surface area is 146 Å². The van der Waals surface area contributed by atoms with Crippen LogP contribution in [-0.2, 0) is 4.79 Å². The molecular formula is C16H10FN3O2S2. The number of aromatic nitrogens is 1. The average molecular weight is 359 g/mol. The Bertz CT molecular complexity index is 838. The van der Waals surface area contributed by atoms with E-state index in [1.54, 1.807) is 18.2 Å². The van der Waals surface area contributed by atoms with E-state index >= 15 is 0 Å². The molecule has 2 aromatic rings. The van der Waals surface area contributed by atoms with Gasteiger partial charge in [-0.1, -0.05) is 23.9 Å². The molecule has 1 aromatic heterocycles. The van der Waals surface area contributed by atoms with E-state index in [1.165, 1.54) is 36.7 Å². The molecular weight excluding hydrogens is 349 g/mol. The molecule has 0 atom stereocenters. The number of hydrazine groups is 1. The SMILES string of the molecule is O=C(NN1C(=O)/C(=C\c2ccc(F)cc2)SC1=S)c1ccncc1. The zero-order valence-corrected chi connectivity index (χ0v) is 13.7. The average Bonchev–Trinajstić information content (AvgIpc) is 2.85. The van der Waals surface area contributed by atoms with E-state index in [2.05, 4.69) is 10.4 Å². The van der Waals surface area contributed by atoms with E-state index in [1.807, 2.05) is 0 Å². The van der Waals surface area contributed by atoms with Crippen molar-refractivity contribution < 1.29 is 14.0 Å². The Balaban J connectivity index is 1.77. The third-order valence-corrected chi connectivity index (χ3v) is 4.42. The number of thioether (sulfide) groups is 1. The number of thiocarbonyl (C=S) groups is 1. The predicted molar refractivity (Wildman–Crippen MR) is 93.1 cm³/mol. The third-order valence-electron chi connectivity index (χ3n) is 3.12. The number of benzene rings is 1. The zero-order valence-electron chi connectivity index (χ0n) is 12.1. The summed E-state index contributed by atoms with van der Waals surface area (Å²) >= 11 is 6.21. The van der Waals surface area contributed by atoms with Gasteiger partial charge in [0.05, 0.1) is 4.91 Å².